The molecule has 13 heavy (non-hydrogen) atoms. The maximum atomic E-state index is 2.47. The van der Waals surface area contributed by atoms with Crippen molar-refractivity contribution in [2.45, 2.75) is 36.8 Å². The van der Waals surface area contributed by atoms with Crippen LogP contribution in [0.1, 0.15) is 32.6 Å². The summed E-state index contributed by atoms with van der Waals surface area (Å²) < 4.78 is 0.527. The first-order valence-electron chi connectivity index (χ1n) is 5.05. The van der Waals surface area contributed by atoms with E-state index in [1.165, 1.54) is 32.2 Å². The molecule has 0 saturated carbocycles. The van der Waals surface area contributed by atoms with Crippen LogP contribution in [0, 0.1) is 0 Å². The largest absolute Gasteiger partial charge is 0.351 e. The maximum Gasteiger partial charge on any atom is 0.154 e. The Kier molecular flexibility index (Phi) is 4.91. The van der Waals surface area contributed by atoms with Crippen LogP contribution in [0.5, 0.6) is 0 Å². The number of hydrogen-bond donors (Lipinski definition) is 0. The highest BCUT2D eigenvalue weighted by atomic mass is 127. The molecule has 1 aliphatic heterocycles. The first-order chi connectivity index (χ1) is 6.25. The highest BCUT2D eigenvalue weighted by molar-refractivity contribution is 14.1. The lowest BCUT2D eigenvalue weighted by Crippen LogP contribution is -2.31. The Hall–Kier alpha value is 0.0700. The summed E-state index contributed by atoms with van der Waals surface area (Å²) in [5.41, 5.74) is 0. The van der Waals surface area contributed by atoms with Gasteiger partial charge < -0.3 is 9.80 Å². The van der Waals surface area contributed by atoms with Crippen LogP contribution in [-0.2, 0) is 0 Å². The van der Waals surface area contributed by atoms with E-state index < -0.39 is 0 Å². The van der Waals surface area contributed by atoms with Crippen LogP contribution in [0.4, 0.5) is 0 Å². The highest BCUT2D eigenvalue weighted by Crippen LogP contribution is 2.20. The van der Waals surface area contributed by atoms with Crippen LogP contribution in [0.3, 0.4) is 0 Å². The van der Waals surface area contributed by atoms with Crippen molar-refractivity contribution in [2.24, 2.45) is 0 Å². The van der Waals surface area contributed by atoms with Crippen molar-refractivity contribution in [3.8, 4) is 0 Å². The number of rotatable bonds is 5. The van der Waals surface area contributed by atoms with Crippen molar-refractivity contribution >= 4 is 22.6 Å². The second-order valence-electron chi connectivity index (χ2n) is 3.57. The Bertz CT molecular complexity index is 170. The molecule has 0 aliphatic carbocycles. The van der Waals surface area contributed by atoms with Gasteiger partial charge in [0.15, 0.2) is 4.17 Å². The molecule has 0 aromatic rings. The van der Waals surface area contributed by atoms with E-state index in [2.05, 4.69) is 58.8 Å². The van der Waals surface area contributed by atoms with E-state index in [1.807, 2.05) is 0 Å². The van der Waals surface area contributed by atoms with Crippen molar-refractivity contribution in [2.75, 3.05) is 13.6 Å². The SMILES string of the molecule is CCCCCCN1C=CN(C)C1I. The fraction of sp³-hybridized carbons (Fsp3) is 0.800. The van der Waals surface area contributed by atoms with E-state index in [0.29, 0.717) is 4.17 Å². The Morgan fingerprint density at radius 3 is 2.54 bits per heavy atom. The Balaban J connectivity index is 2.12. The summed E-state index contributed by atoms with van der Waals surface area (Å²) in [4.78, 5) is 4.64. The van der Waals surface area contributed by atoms with E-state index >= 15 is 0 Å². The van der Waals surface area contributed by atoms with Gasteiger partial charge >= 0.3 is 0 Å². The first-order valence-corrected chi connectivity index (χ1v) is 6.30. The average molecular weight is 294 g/mol. The van der Waals surface area contributed by atoms with Gasteiger partial charge in [-0.2, -0.15) is 0 Å². The summed E-state index contributed by atoms with van der Waals surface area (Å²) >= 11 is 2.47. The minimum absolute atomic E-state index is 0.527. The third-order valence-corrected chi connectivity index (χ3v) is 3.97. The summed E-state index contributed by atoms with van der Waals surface area (Å²) in [5, 5.41) is 0. The molecule has 3 heteroatoms. The molecule has 0 saturated heterocycles. The number of halogens is 1. The number of alkyl halides is 1. The van der Waals surface area contributed by atoms with Gasteiger partial charge in [-0.25, -0.2) is 0 Å². The van der Waals surface area contributed by atoms with Crippen molar-refractivity contribution in [3.05, 3.63) is 12.4 Å². The molecule has 0 amide bonds. The molecular weight excluding hydrogens is 275 g/mol. The van der Waals surface area contributed by atoms with E-state index in [4.69, 9.17) is 0 Å². The summed E-state index contributed by atoms with van der Waals surface area (Å²) in [5.74, 6) is 0. The van der Waals surface area contributed by atoms with Crippen LogP contribution in [0.25, 0.3) is 0 Å². The molecular formula is C10H19IN2. The highest BCUT2D eigenvalue weighted by Gasteiger charge is 2.18. The Morgan fingerprint density at radius 1 is 1.23 bits per heavy atom. The van der Waals surface area contributed by atoms with Crippen molar-refractivity contribution in [1.82, 2.24) is 9.80 Å². The predicted octanol–water partition coefficient (Wildman–Crippen LogP) is 3.00. The second kappa shape index (κ2) is 5.73. The van der Waals surface area contributed by atoms with Crippen LogP contribution >= 0.6 is 22.6 Å². The third kappa shape index (κ3) is 3.37. The molecule has 0 N–H and O–H groups in total. The molecule has 1 aliphatic rings. The van der Waals surface area contributed by atoms with E-state index in [0.717, 1.165) is 0 Å². The molecule has 1 unspecified atom stereocenters. The quantitative estimate of drug-likeness (QED) is 0.333. The van der Waals surface area contributed by atoms with Crippen LogP contribution in [-0.4, -0.2) is 27.6 Å². The van der Waals surface area contributed by atoms with Gasteiger partial charge in [0.1, 0.15) is 0 Å². The van der Waals surface area contributed by atoms with Crippen molar-refractivity contribution in [1.29, 1.82) is 0 Å². The lowest BCUT2D eigenvalue weighted by atomic mass is 10.2. The summed E-state index contributed by atoms with van der Waals surface area (Å²) in [7, 11) is 2.12. The van der Waals surface area contributed by atoms with Crippen LogP contribution in [0.2, 0.25) is 0 Å². The topological polar surface area (TPSA) is 6.48 Å². The van der Waals surface area contributed by atoms with Gasteiger partial charge in [-0.1, -0.05) is 26.2 Å². The average Bonchev–Trinajstić information content (AvgIpc) is 2.43. The molecule has 0 aromatic heterocycles. The van der Waals surface area contributed by atoms with E-state index in [9.17, 15) is 0 Å². The van der Waals surface area contributed by atoms with Gasteiger partial charge in [0.2, 0.25) is 0 Å². The molecule has 0 aromatic carbocycles. The standard InChI is InChI=1S/C10H19IN2/c1-3-4-5-6-7-13-9-8-12(2)10(13)11/h8-10H,3-7H2,1-2H3. The van der Waals surface area contributed by atoms with Gasteiger partial charge in [0, 0.05) is 26.0 Å². The first kappa shape index (κ1) is 11.1. The Labute approximate surface area is 95.1 Å². The molecule has 2 nitrogen and oxygen atoms in total. The Morgan fingerprint density at radius 2 is 2.00 bits per heavy atom. The molecule has 0 radical (unpaired) electrons. The maximum absolute atomic E-state index is 2.47. The fourth-order valence-electron chi connectivity index (χ4n) is 1.47. The molecule has 1 rings (SSSR count). The van der Waals surface area contributed by atoms with Gasteiger partial charge in [-0.15, -0.1) is 0 Å². The second-order valence-corrected chi connectivity index (χ2v) is 4.69. The smallest absolute Gasteiger partial charge is 0.154 e. The van der Waals surface area contributed by atoms with E-state index in [1.54, 1.807) is 0 Å². The molecule has 0 spiro atoms. The molecule has 0 bridgehead atoms. The third-order valence-electron chi connectivity index (χ3n) is 2.37. The van der Waals surface area contributed by atoms with Gasteiger partial charge in [-0.05, 0) is 29.0 Å². The minimum atomic E-state index is 0.527. The zero-order valence-corrected chi connectivity index (χ0v) is 10.7. The normalized spacial score (nSPS) is 21.6. The van der Waals surface area contributed by atoms with Gasteiger partial charge in [-0.3, -0.25) is 0 Å². The zero-order chi connectivity index (χ0) is 9.68. The summed E-state index contributed by atoms with van der Waals surface area (Å²) in [6, 6.07) is 0. The van der Waals surface area contributed by atoms with Gasteiger partial charge in [0.05, 0.1) is 0 Å². The van der Waals surface area contributed by atoms with E-state index in [-0.39, 0.29) is 0 Å². The van der Waals surface area contributed by atoms with Crippen LogP contribution < -0.4 is 0 Å². The van der Waals surface area contributed by atoms with Crippen molar-refractivity contribution in [3.63, 3.8) is 0 Å². The number of unbranched alkanes of at least 4 members (excludes halogenated alkanes) is 3. The zero-order valence-electron chi connectivity index (χ0n) is 8.54. The van der Waals surface area contributed by atoms with Gasteiger partial charge in [0.25, 0.3) is 0 Å². The van der Waals surface area contributed by atoms with Crippen molar-refractivity contribution < 1.29 is 0 Å². The molecule has 1 heterocycles. The fourth-order valence-corrected chi connectivity index (χ4v) is 2.12. The summed E-state index contributed by atoms with van der Waals surface area (Å²) in [6.45, 7) is 3.46. The number of hydrogen-bond acceptors (Lipinski definition) is 2. The van der Waals surface area contributed by atoms with Crippen LogP contribution in [0.15, 0.2) is 12.4 Å². The lowest BCUT2D eigenvalue weighted by molar-refractivity contribution is 0.273. The monoisotopic (exact) mass is 294 g/mol. The molecule has 76 valence electrons. The summed E-state index contributed by atoms with van der Waals surface area (Å²) in [6.07, 6.45) is 9.74. The molecule has 0 fully saturated rings. The number of nitrogens with zero attached hydrogens (tertiary/aromatic N) is 2. The minimum Gasteiger partial charge on any atom is -0.351 e. The molecule has 1 atom stereocenters. The lowest BCUT2D eigenvalue weighted by Gasteiger charge is -2.25. The predicted molar refractivity (Wildman–Crippen MR) is 65.6 cm³/mol.